The highest BCUT2D eigenvalue weighted by Gasteiger charge is 2.11. The molecule has 0 unspecified atom stereocenters. The Morgan fingerprint density at radius 3 is 2.56 bits per heavy atom. The molecule has 2 aromatic heterocycles. The van der Waals surface area contributed by atoms with Gasteiger partial charge in [-0.25, -0.2) is 9.97 Å². The van der Waals surface area contributed by atoms with E-state index in [0.717, 1.165) is 22.8 Å². The molecule has 0 bridgehead atoms. The van der Waals surface area contributed by atoms with E-state index in [2.05, 4.69) is 25.6 Å². The van der Waals surface area contributed by atoms with Crippen molar-refractivity contribution in [3.63, 3.8) is 0 Å². The summed E-state index contributed by atoms with van der Waals surface area (Å²) in [5.74, 6) is 1.10. The average molecular weight is 382 g/mol. The first-order valence-electron chi connectivity index (χ1n) is 8.59. The minimum Gasteiger partial charge on any atom is -0.368 e. The van der Waals surface area contributed by atoms with E-state index < -0.39 is 0 Å². The summed E-state index contributed by atoms with van der Waals surface area (Å²) in [4.78, 5) is 25.6. The number of benzene rings is 1. The van der Waals surface area contributed by atoms with Crippen LogP contribution in [0.3, 0.4) is 0 Å². The third-order valence-electron chi connectivity index (χ3n) is 4.10. The van der Waals surface area contributed by atoms with Gasteiger partial charge in [0.2, 0.25) is 0 Å². The topological polar surface area (TPSA) is 79.8 Å². The third-order valence-corrected chi connectivity index (χ3v) is 4.43. The van der Waals surface area contributed by atoms with Crippen molar-refractivity contribution in [1.82, 2.24) is 20.3 Å². The minimum atomic E-state index is -0.202. The largest absolute Gasteiger partial charge is 0.368 e. The predicted octanol–water partition coefficient (Wildman–Crippen LogP) is 3.65. The molecule has 0 saturated carbocycles. The van der Waals surface area contributed by atoms with Crippen molar-refractivity contribution in [1.29, 1.82) is 0 Å². The molecule has 2 heterocycles. The molecule has 7 heteroatoms. The number of nitrogens with one attached hydrogen (secondary N) is 2. The molecule has 0 fully saturated rings. The summed E-state index contributed by atoms with van der Waals surface area (Å²) in [5.41, 5.74) is 3.03. The second kappa shape index (κ2) is 8.60. The predicted molar refractivity (Wildman–Crippen MR) is 107 cm³/mol. The number of halogens is 1. The summed E-state index contributed by atoms with van der Waals surface area (Å²) < 4.78 is 0. The van der Waals surface area contributed by atoms with Gasteiger partial charge < -0.3 is 10.6 Å². The highest BCUT2D eigenvalue weighted by Crippen LogP contribution is 2.20. The maximum atomic E-state index is 12.2. The Bertz CT molecular complexity index is 946. The number of hydrogen-bond acceptors (Lipinski definition) is 5. The number of anilines is 1. The van der Waals surface area contributed by atoms with Crippen LogP contribution in [0.5, 0.6) is 0 Å². The van der Waals surface area contributed by atoms with Gasteiger partial charge in [-0.1, -0.05) is 29.8 Å². The van der Waals surface area contributed by atoms with Gasteiger partial charge in [-0.3, -0.25) is 9.78 Å². The lowest BCUT2D eigenvalue weighted by atomic mass is 10.2. The molecule has 3 rings (SSSR count). The molecule has 138 valence electrons. The van der Waals surface area contributed by atoms with E-state index in [0.29, 0.717) is 29.5 Å². The molecular weight excluding hydrogens is 362 g/mol. The van der Waals surface area contributed by atoms with E-state index in [1.807, 2.05) is 32.0 Å². The molecule has 0 aliphatic rings. The second-order valence-corrected chi connectivity index (χ2v) is 6.39. The van der Waals surface area contributed by atoms with Crippen LogP contribution in [0.25, 0.3) is 11.5 Å². The standard InChI is InChI=1S/C20H20ClN5O/c1-13-14(2)25-19(17-9-5-6-10-22-17)26-18(13)23-11-12-24-20(27)15-7-3-4-8-16(15)21/h3-10H,11-12H2,1-2H3,(H,24,27)(H,23,25,26). The van der Waals surface area contributed by atoms with Crippen LogP contribution in [-0.2, 0) is 0 Å². The number of carbonyl (C=O) groups is 1. The number of nitrogens with zero attached hydrogens (tertiary/aromatic N) is 3. The second-order valence-electron chi connectivity index (χ2n) is 5.98. The third kappa shape index (κ3) is 4.60. The van der Waals surface area contributed by atoms with Crippen molar-refractivity contribution in [3.05, 3.63) is 70.5 Å². The minimum absolute atomic E-state index is 0.202. The molecular formula is C20H20ClN5O. The molecule has 6 nitrogen and oxygen atoms in total. The summed E-state index contributed by atoms with van der Waals surface area (Å²) in [6, 6.07) is 12.6. The number of carbonyl (C=O) groups excluding carboxylic acids is 1. The van der Waals surface area contributed by atoms with E-state index in [1.165, 1.54) is 0 Å². The van der Waals surface area contributed by atoms with Crippen molar-refractivity contribution in [2.24, 2.45) is 0 Å². The van der Waals surface area contributed by atoms with Gasteiger partial charge in [-0.15, -0.1) is 0 Å². The molecule has 0 radical (unpaired) electrons. The number of aromatic nitrogens is 3. The van der Waals surface area contributed by atoms with Crippen molar-refractivity contribution >= 4 is 23.3 Å². The summed E-state index contributed by atoms with van der Waals surface area (Å²) in [7, 11) is 0. The Balaban J connectivity index is 1.63. The van der Waals surface area contributed by atoms with Gasteiger partial charge in [-0.05, 0) is 38.1 Å². The molecule has 1 amide bonds. The fraction of sp³-hybridized carbons (Fsp3) is 0.200. The van der Waals surface area contributed by atoms with Crippen LogP contribution in [0.15, 0.2) is 48.7 Å². The SMILES string of the molecule is Cc1nc(-c2ccccn2)nc(NCCNC(=O)c2ccccc2Cl)c1C. The lowest BCUT2D eigenvalue weighted by molar-refractivity contribution is 0.0955. The van der Waals surface area contributed by atoms with Gasteiger partial charge in [-0.2, -0.15) is 0 Å². The highest BCUT2D eigenvalue weighted by atomic mass is 35.5. The van der Waals surface area contributed by atoms with E-state index in [-0.39, 0.29) is 5.91 Å². The van der Waals surface area contributed by atoms with Crippen LogP contribution in [0.4, 0.5) is 5.82 Å². The number of amides is 1. The van der Waals surface area contributed by atoms with Crippen LogP contribution in [0.1, 0.15) is 21.6 Å². The van der Waals surface area contributed by atoms with E-state index in [9.17, 15) is 4.79 Å². The quantitative estimate of drug-likeness (QED) is 0.637. The van der Waals surface area contributed by atoms with Crippen molar-refractivity contribution < 1.29 is 4.79 Å². The molecule has 1 aromatic carbocycles. The number of hydrogen-bond donors (Lipinski definition) is 2. The molecule has 0 spiro atoms. The summed E-state index contributed by atoms with van der Waals surface area (Å²) in [5, 5.41) is 6.54. The fourth-order valence-electron chi connectivity index (χ4n) is 2.51. The molecule has 27 heavy (non-hydrogen) atoms. The molecule has 0 saturated heterocycles. The molecule has 2 N–H and O–H groups in total. The monoisotopic (exact) mass is 381 g/mol. The number of pyridine rings is 1. The van der Waals surface area contributed by atoms with Gasteiger partial charge >= 0.3 is 0 Å². The van der Waals surface area contributed by atoms with Crippen LogP contribution in [0, 0.1) is 13.8 Å². The maximum Gasteiger partial charge on any atom is 0.252 e. The Labute approximate surface area is 163 Å². The Morgan fingerprint density at radius 1 is 1.04 bits per heavy atom. The number of rotatable bonds is 6. The summed E-state index contributed by atoms with van der Waals surface area (Å²) >= 11 is 6.04. The van der Waals surface area contributed by atoms with Crippen LogP contribution in [-0.4, -0.2) is 33.9 Å². The smallest absolute Gasteiger partial charge is 0.252 e. The first kappa shape index (κ1) is 18.8. The van der Waals surface area contributed by atoms with Crippen molar-refractivity contribution in [3.8, 4) is 11.5 Å². The van der Waals surface area contributed by atoms with Gasteiger partial charge in [0.15, 0.2) is 5.82 Å². The normalized spacial score (nSPS) is 10.5. The van der Waals surface area contributed by atoms with E-state index in [1.54, 1.807) is 30.5 Å². The molecule has 0 aliphatic heterocycles. The molecule has 0 atom stereocenters. The average Bonchev–Trinajstić information content (AvgIpc) is 2.69. The highest BCUT2D eigenvalue weighted by molar-refractivity contribution is 6.33. The van der Waals surface area contributed by atoms with Crippen LogP contribution in [0.2, 0.25) is 5.02 Å². The van der Waals surface area contributed by atoms with Crippen molar-refractivity contribution in [2.75, 3.05) is 18.4 Å². The fourth-order valence-corrected chi connectivity index (χ4v) is 2.73. The van der Waals surface area contributed by atoms with E-state index >= 15 is 0 Å². The Hall–Kier alpha value is -2.99. The first-order chi connectivity index (χ1) is 13.1. The Morgan fingerprint density at radius 2 is 1.81 bits per heavy atom. The zero-order valence-corrected chi connectivity index (χ0v) is 15.9. The van der Waals surface area contributed by atoms with Crippen molar-refractivity contribution in [2.45, 2.75) is 13.8 Å². The first-order valence-corrected chi connectivity index (χ1v) is 8.97. The summed E-state index contributed by atoms with van der Waals surface area (Å²) in [6.07, 6.45) is 1.71. The van der Waals surface area contributed by atoms with Gasteiger partial charge in [0, 0.05) is 30.5 Å². The van der Waals surface area contributed by atoms with Gasteiger partial charge in [0.1, 0.15) is 11.5 Å². The molecule has 0 aliphatic carbocycles. The summed E-state index contributed by atoms with van der Waals surface area (Å²) in [6.45, 7) is 4.86. The zero-order chi connectivity index (χ0) is 19.2. The molecule has 3 aromatic rings. The van der Waals surface area contributed by atoms with Crippen LogP contribution >= 0.6 is 11.6 Å². The number of aryl methyl sites for hydroxylation is 1. The zero-order valence-electron chi connectivity index (χ0n) is 15.2. The van der Waals surface area contributed by atoms with E-state index in [4.69, 9.17) is 11.6 Å². The lowest BCUT2D eigenvalue weighted by Crippen LogP contribution is -2.29. The van der Waals surface area contributed by atoms with Gasteiger partial charge in [0.05, 0.1) is 10.6 Å². The van der Waals surface area contributed by atoms with Crippen LogP contribution < -0.4 is 10.6 Å². The maximum absolute atomic E-state index is 12.2. The lowest BCUT2D eigenvalue weighted by Gasteiger charge is -2.13. The van der Waals surface area contributed by atoms with Gasteiger partial charge in [0.25, 0.3) is 5.91 Å². The Kier molecular flexibility index (Phi) is 5.98.